The first-order chi connectivity index (χ1) is 11.8. The van der Waals surface area contributed by atoms with Gasteiger partial charge in [-0.25, -0.2) is 0 Å². The molecular weight excluding hydrogens is 338 g/mol. The van der Waals surface area contributed by atoms with Crippen molar-refractivity contribution in [3.05, 3.63) is 59.7 Å². The van der Waals surface area contributed by atoms with Crippen molar-refractivity contribution < 1.29 is 14.6 Å². The highest BCUT2D eigenvalue weighted by atomic mass is 35.5. The molecule has 0 fully saturated rings. The summed E-state index contributed by atoms with van der Waals surface area (Å²) >= 11 is 0. The maximum atomic E-state index is 8.75. The molecule has 0 saturated heterocycles. The van der Waals surface area contributed by atoms with Crippen molar-refractivity contribution >= 4 is 12.4 Å². The normalized spacial score (nSPS) is 10.2. The Morgan fingerprint density at radius 1 is 0.920 bits per heavy atom. The topological polar surface area (TPSA) is 50.7 Å². The summed E-state index contributed by atoms with van der Waals surface area (Å²) < 4.78 is 11.3. The molecular formula is C20H28ClNO3. The predicted octanol–water partition coefficient (Wildman–Crippen LogP) is 3.95. The van der Waals surface area contributed by atoms with Crippen molar-refractivity contribution in [2.45, 2.75) is 32.4 Å². The number of ether oxygens (including phenoxy) is 2. The molecule has 0 unspecified atom stereocenters. The lowest BCUT2D eigenvalue weighted by molar-refractivity contribution is 0.282. The van der Waals surface area contributed by atoms with Crippen molar-refractivity contribution in [1.82, 2.24) is 5.32 Å². The van der Waals surface area contributed by atoms with Crippen LogP contribution in [0.25, 0.3) is 0 Å². The molecule has 0 heterocycles. The summed E-state index contributed by atoms with van der Waals surface area (Å²) in [5.74, 6) is 1.51. The van der Waals surface area contributed by atoms with Crippen molar-refractivity contribution in [3.8, 4) is 11.5 Å². The van der Waals surface area contributed by atoms with E-state index in [-0.39, 0.29) is 19.0 Å². The molecule has 0 aliphatic rings. The molecule has 2 rings (SSSR count). The van der Waals surface area contributed by atoms with E-state index in [1.54, 1.807) is 7.11 Å². The molecule has 0 aliphatic heterocycles. The van der Waals surface area contributed by atoms with Crippen LogP contribution in [0.3, 0.4) is 0 Å². The van der Waals surface area contributed by atoms with Crippen molar-refractivity contribution in [3.63, 3.8) is 0 Å². The number of hydrogen-bond donors (Lipinski definition) is 2. The molecule has 2 aromatic rings. The summed E-state index contributed by atoms with van der Waals surface area (Å²) in [4.78, 5) is 0. The highest BCUT2D eigenvalue weighted by molar-refractivity contribution is 5.85. The third-order valence-corrected chi connectivity index (χ3v) is 3.81. The van der Waals surface area contributed by atoms with Gasteiger partial charge in [-0.1, -0.05) is 36.4 Å². The number of methoxy groups -OCH3 is 1. The van der Waals surface area contributed by atoms with Gasteiger partial charge >= 0.3 is 0 Å². The van der Waals surface area contributed by atoms with Gasteiger partial charge in [0.2, 0.25) is 0 Å². The van der Waals surface area contributed by atoms with Gasteiger partial charge in [0.05, 0.1) is 7.11 Å². The molecule has 4 nitrogen and oxygen atoms in total. The van der Waals surface area contributed by atoms with Crippen molar-refractivity contribution in [2.24, 2.45) is 0 Å². The average molecular weight is 366 g/mol. The second kappa shape index (κ2) is 12.6. The van der Waals surface area contributed by atoms with Gasteiger partial charge in [0.15, 0.2) is 11.5 Å². The zero-order valence-corrected chi connectivity index (χ0v) is 15.6. The molecule has 25 heavy (non-hydrogen) atoms. The number of aliphatic hydroxyl groups is 1. The van der Waals surface area contributed by atoms with E-state index in [0.29, 0.717) is 6.61 Å². The molecule has 0 spiro atoms. The van der Waals surface area contributed by atoms with Crippen molar-refractivity contribution in [2.75, 3.05) is 20.3 Å². The number of aliphatic hydroxyl groups excluding tert-OH is 1. The van der Waals surface area contributed by atoms with Crippen LogP contribution < -0.4 is 14.8 Å². The number of halogens is 1. The van der Waals surface area contributed by atoms with E-state index in [1.807, 2.05) is 42.5 Å². The minimum absolute atomic E-state index is 0. The zero-order chi connectivity index (χ0) is 17.0. The fraction of sp³-hybridized carbons (Fsp3) is 0.400. The minimum Gasteiger partial charge on any atom is -0.493 e. The molecule has 0 saturated carbocycles. The second-order valence-electron chi connectivity index (χ2n) is 5.72. The fourth-order valence-corrected chi connectivity index (χ4v) is 2.45. The van der Waals surface area contributed by atoms with Gasteiger partial charge in [0.1, 0.15) is 6.61 Å². The van der Waals surface area contributed by atoms with Gasteiger partial charge in [-0.2, -0.15) is 0 Å². The minimum atomic E-state index is 0. The van der Waals surface area contributed by atoms with Crippen molar-refractivity contribution in [1.29, 1.82) is 0 Å². The van der Waals surface area contributed by atoms with Gasteiger partial charge in [-0.15, -0.1) is 12.4 Å². The molecule has 0 aliphatic carbocycles. The zero-order valence-electron chi connectivity index (χ0n) is 14.7. The molecule has 2 N–H and O–H groups in total. The Kier molecular flexibility index (Phi) is 10.7. The van der Waals surface area contributed by atoms with Crippen LogP contribution in [-0.2, 0) is 13.2 Å². The standard InChI is InChI=1S/C20H27NO3.ClH/c1-23-20-14-18(15-21-12-6-3-7-13-22)10-11-19(20)24-16-17-8-4-2-5-9-17;/h2,4-5,8-11,14,21-22H,3,6-7,12-13,15-16H2,1H3;1H. The summed E-state index contributed by atoms with van der Waals surface area (Å²) in [5.41, 5.74) is 2.30. The van der Waals surface area contributed by atoms with Crippen LogP contribution in [-0.4, -0.2) is 25.4 Å². The van der Waals surface area contributed by atoms with E-state index in [0.717, 1.165) is 49.4 Å². The van der Waals surface area contributed by atoms with Gasteiger partial charge in [-0.05, 0) is 49.1 Å². The lowest BCUT2D eigenvalue weighted by Crippen LogP contribution is -2.14. The Labute approximate surface area is 156 Å². The van der Waals surface area contributed by atoms with Crippen LogP contribution >= 0.6 is 12.4 Å². The SMILES string of the molecule is COc1cc(CNCCCCCO)ccc1OCc1ccccc1.Cl. The number of rotatable bonds is 11. The predicted molar refractivity (Wildman–Crippen MR) is 104 cm³/mol. The maximum absolute atomic E-state index is 8.75. The molecule has 2 aromatic carbocycles. The summed E-state index contributed by atoms with van der Waals surface area (Å²) in [5, 5.41) is 12.2. The highest BCUT2D eigenvalue weighted by Gasteiger charge is 2.06. The smallest absolute Gasteiger partial charge is 0.161 e. The Hall–Kier alpha value is -1.75. The maximum Gasteiger partial charge on any atom is 0.161 e. The third-order valence-electron chi connectivity index (χ3n) is 3.81. The van der Waals surface area contributed by atoms with E-state index in [4.69, 9.17) is 14.6 Å². The van der Waals surface area contributed by atoms with Crippen LogP contribution in [0.15, 0.2) is 48.5 Å². The third kappa shape index (κ3) is 7.78. The van der Waals surface area contributed by atoms with Gasteiger partial charge < -0.3 is 19.9 Å². The van der Waals surface area contributed by atoms with Gasteiger partial charge in [-0.3, -0.25) is 0 Å². The Balaban J connectivity index is 0.00000312. The average Bonchev–Trinajstić information content (AvgIpc) is 2.64. The summed E-state index contributed by atoms with van der Waals surface area (Å²) in [6.07, 6.45) is 3.01. The molecule has 0 bridgehead atoms. The monoisotopic (exact) mass is 365 g/mol. The molecule has 5 heteroatoms. The number of unbranched alkanes of at least 4 members (excludes halogenated alkanes) is 2. The Morgan fingerprint density at radius 3 is 2.44 bits per heavy atom. The molecule has 0 amide bonds. The van der Waals surface area contributed by atoms with E-state index in [2.05, 4.69) is 11.4 Å². The van der Waals surface area contributed by atoms with Gasteiger partial charge in [0.25, 0.3) is 0 Å². The first-order valence-corrected chi connectivity index (χ1v) is 8.48. The Bertz CT molecular complexity index is 593. The molecule has 0 radical (unpaired) electrons. The van der Waals surface area contributed by atoms with Crippen LogP contribution in [0, 0.1) is 0 Å². The first kappa shape index (κ1) is 21.3. The molecule has 0 aromatic heterocycles. The van der Waals surface area contributed by atoms with Crippen LogP contribution in [0.5, 0.6) is 11.5 Å². The fourth-order valence-electron chi connectivity index (χ4n) is 2.45. The second-order valence-corrected chi connectivity index (χ2v) is 5.72. The number of hydrogen-bond acceptors (Lipinski definition) is 4. The van der Waals surface area contributed by atoms with Crippen LogP contribution in [0.2, 0.25) is 0 Å². The van der Waals surface area contributed by atoms with Crippen LogP contribution in [0.4, 0.5) is 0 Å². The number of benzene rings is 2. The summed E-state index contributed by atoms with van der Waals surface area (Å²) in [6, 6.07) is 16.1. The lowest BCUT2D eigenvalue weighted by atomic mass is 10.2. The largest absolute Gasteiger partial charge is 0.493 e. The lowest BCUT2D eigenvalue weighted by Gasteiger charge is -2.13. The van der Waals surface area contributed by atoms with E-state index < -0.39 is 0 Å². The van der Waals surface area contributed by atoms with Gasteiger partial charge in [0, 0.05) is 13.2 Å². The van der Waals surface area contributed by atoms with E-state index in [9.17, 15) is 0 Å². The van der Waals surface area contributed by atoms with E-state index >= 15 is 0 Å². The molecule has 138 valence electrons. The quantitative estimate of drug-likeness (QED) is 0.592. The summed E-state index contributed by atoms with van der Waals surface area (Å²) in [7, 11) is 1.66. The molecule has 0 atom stereocenters. The first-order valence-electron chi connectivity index (χ1n) is 8.48. The number of nitrogens with one attached hydrogen (secondary N) is 1. The van der Waals surface area contributed by atoms with Crippen LogP contribution in [0.1, 0.15) is 30.4 Å². The Morgan fingerprint density at radius 2 is 1.72 bits per heavy atom. The highest BCUT2D eigenvalue weighted by Crippen LogP contribution is 2.28. The van der Waals surface area contributed by atoms with E-state index in [1.165, 1.54) is 5.56 Å². The summed E-state index contributed by atoms with van der Waals surface area (Å²) in [6.45, 7) is 2.56.